The summed E-state index contributed by atoms with van der Waals surface area (Å²) in [5.41, 5.74) is 1.24. The third-order valence-corrected chi connectivity index (χ3v) is 4.73. The van der Waals surface area contributed by atoms with E-state index in [1.165, 1.54) is 5.56 Å². The summed E-state index contributed by atoms with van der Waals surface area (Å²) in [5, 5.41) is 0.755. The van der Waals surface area contributed by atoms with Gasteiger partial charge in [-0.05, 0) is 37.5 Å². The molecule has 0 N–H and O–H groups in total. The SMILES string of the molecule is CC(C)OC(=O)N(C)[C@H](CSCc1ccc(Cl)cc1)C(C)C. The fraction of sp³-hybridized carbons (Fsp3) is 0.588. The number of halogens is 1. The number of rotatable bonds is 7. The van der Waals surface area contributed by atoms with Crippen molar-refractivity contribution in [3.8, 4) is 0 Å². The number of ether oxygens (including phenoxy) is 1. The van der Waals surface area contributed by atoms with E-state index >= 15 is 0 Å². The largest absolute Gasteiger partial charge is 0.447 e. The molecule has 0 saturated heterocycles. The van der Waals surface area contributed by atoms with Crippen LogP contribution in [0.2, 0.25) is 5.02 Å². The van der Waals surface area contributed by atoms with E-state index in [9.17, 15) is 4.79 Å². The lowest BCUT2D eigenvalue weighted by Crippen LogP contribution is -2.43. The van der Waals surface area contributed by atoms with E-state index in [2.05, 4.69) is 13.8 Å². The molecular weight excluding hydrogens is 318 g/mol. The highest BCUT2D eigenvalue weighted by Crippen LogP contribution is 2.21. The zero-order valence-electron chi connectivity index (χ0n) is 14.0. The molecule has 1 aromatic carbocycles. The topological polar surface area (TPSA) is 29.5 Å². The Bertz CT molecular complexity index is 462. The number of thioether (sulfide) groups is 1. The van der Waals surface area contributed by atoms with Crippen molar-refractivity contribution in [1.82, 2.24) is 4.90 Å². The molecule has 0 unspecified atom stereocenters. The Labute approximate surface area is 143 Å². The van der Waals surface area contributed by atoms with Crippen molar-refractivity contribution in [2.45, 2.75) is 45.6 Å². The van der Waals surface area contributed by atoms with Crippen molar-refractivity contribution in [1.29, 1.82) is 0 Å². The van der Waals surface area contributed by atoms with Gasteiger partial charge in [0, 0.05) is 29.6 Å². The smallest absolute Gasteiger partial charge is 0.410 e. The summed E-state index contributed by atoms with van der Waals surface area (Å²) in [6, 6.07) is 8.04. The molecule has 22 heavy (non-hydrogen) atoms. The van der Waals surface area contributed by atoms with Gasteiger partial charge in [-0.2, -0.15) is 11.8 Å². The van der Waals surface area contributed by atoms with Crippen LogP contribution in [0.25, 0.3) is 0 Å². The lowest BCUT2D eigenvalue weighted by molar-refractivity contribution is 0.0689. The first-order chi connectivity index (χ1) is 10.3. The molecule has 0 fully saturated rings. The fourth-order valence-corrected chi connectivity index (χ4v) is 3.57. The maximum atomic E-state index is 12.0. The molecule has 1 amide bonds. The van der Waals surface area contributed by atoms with Gasteiger partial charge in [0.25, 0.3) is 0 Å². The van der Waals surface area contributed by atoms with Gasteiger partial charge >= 0.3 is 6.09 Å². The predicted octanol–water partition coefficient (Wildman–Crippen LogP) is 5.07. The first kappa shape index (κ1) is 19.2. The van der Waals surface area contributed by atoms with Crippen LogP contribution in [0.4, 0.5) is 4.79 Å². The molecule has 1 aromatic rings. The summed E-state index contributed by atoms with van der Waals surface area (Å²) in [7, 11) is 1.82. The molecule has 124 valence electrons. The normalized spacial score (nSPS) is 12.5. The lowest BCUT2D eigenvalue weighted by Gasteiger charge is -2.31. The predicted molar refractivity (Wildman–Crippen MR) is 95.6 cm³/mol. The summed E-state index contributed by atoms with van der Waals surface area (Å²) in [5.74, 6) is 2.17. The maximum Gasteiger partial charge on any atom is 0.410 e. The van der Waals surface area contributed by atoms with Gasteiger partial charge in [-0.15, -0.1) is 0 Å². The highest BCUT2D eigenvalue weighted by atomic mass is 35.5. The molecule has 3 nitrogen and oxygen atoms in total. The minimum Gasteiger partial charge on any atom is -0.447 e. The van der Waals surface area contributed by atoms with E-state index in [1.54, 1.807) is 4.90 Å². The van der Waals surface area contributed by atoms with Crippen molar-refractivity contribution in [2.75, 3.05) is 12.8 Å². The van der Waals surface area contributed by atoms with Crippen LogP contribution in [0.15, 0.2) is 24.3 Å². The molecule has 0 radical (unpaired) electrons. The standard InChI is InChI=1S/C17H26ClNO2S/c1-12(2)16(19(5)17(20)21-13(3)4)11-22-10-14-6-8-15(18)9-7-14/h6-9,12-13,16H,10-11H2,1-5H3/t16-/m1/s1. The van der Waals surface area contributed by atoms with Crippen LogP contribution in [0.1, 0.15) is 33.3 Å². The van der Waals surface area contributed by atoms with Gasteiger partial charge in [0.1, 0.15) is 0 Å². The molecule has 1 atom stereocenters. The Kier molecular flexibility index (Phi) is 8.12. The van der Waals surface area contributed by atoms with Crippen LogP contribution in [-0.4, -0.2) is 35.9 Å². The van der Waals surface area contributed by atoms with Crippen molar-refractivity contribution < 1.29 is 9.53 Å². The molecule has 0 aliphatic heterocycles. The van der Waals surface area contributed by atoms with Crippen molar-refractivity contribution in [3.05, 3.63) is 34.9 Å². The van der Waals surface area contributed by atoms with Gasteiger partial charge in [0.15, 0.2) is 0 Å². The molecule has 0 aromatic heterocycles. The van der Waals surface area contributed by atoms with Crippen molar-refractivity contribution >= 4 is 29.5 Å². The summed E-state index contributed by atoms with van der Waals surface area (Å²) < 4.78 is 5.28. The summed E-state index contributed by atoms with van der Waals surface area (Å²) in [6.45, 7) is 8.00. The Hall–Kier alpha value is -0.870. The zero-order chi connectivity index (χ0) is 16.7. The number of amides is 1. The van der Waals surface area contributed by atoms with Crippen LogP contribution in [0.3, 0.4) is 0 Å². The monoisotopic (exact) mass is 343 g/mol. The van der Waals surface area contributed by atoms with E-state index in [0.717, 1.165) is 16.5 Å². The summed E-state index contributed by atoms with van der Waals surface area (Å²) in [4.78, 5) is 13.8. The Morgan fingerprint density at radius 3 is 2.32 bits per heavy atom. The quantitative estimate of drug-likeness (QED) is 0.691. The van der Waals surface area contributed by atoms with E-state index in [4.69, 9.17) is 16.3 Å². The molecule has 0 bridgehead atoms. The second-order valence-electron chi connectivity index (χ2n) is 6.00. The van der Waals surface area contributed by atoms with Gasteiger partial charge in [0.05, 0.1) is 6.10 Å². The molecular formula is C17H26ClNO2S. The van der Waals surface area contributed by atoms with Crippen molar-refractivity contribution in [2.24, 2.45) is 5.92 Å². The number of benzene rings is 1. The Balaban J connectivity index is 2.53. The maximum absolute atomic E-state index is 12.0. The molecule has 1 rings (SSSR count). The number of carbonyl (C=O) groups excluding carboxylic acids is 1. The van der Waals surface area contributed by atoms with Crippen LogP contribution >= 0.6 is 23.4 Å². The highest BCUT2D eigenvalue weighted by molar-refractivity contribution is 7.98. The Morgan fingerprint density at radius 1 is 1.23 bits per heavy atom. The van der Waals surface area contributed by atoms with Gasteiger partial charge in [-0.3, -0.25) is 0 Å². The highest BCUT2D eigenvalue weighted by Gasteiger charge is 2.24. The van der Waals surface area contributed by atoms with E-state index in [0.29, 0.717) is 5.92 Å². The van der Waals surface area contributed by atoms with Gasteiger partial charge in [-0.25, -0.2) is 4.79 Å². The van der Waals surface area contributed by atoms with Crippen LogP contribution in [0, 0.1) is 5.92 Å². The molecule has 0 aliphatic rings. The van der Waals surface area contributed by atoms with Crippen LogP contribution in [-0.2, 0) is 10.5 Å². The van der Waals surface area contributed by atoms with Gasteiger partial charge < -0.3 is 9.64 Å². The van der Waals surface area contributed by atoms with E-state index in [-0.39, 0.29) is 18.2 Å². The first-order valence-corrected chi connectivity index (χ1v) is 9.10. The number of hydrogen-bond donors (Lipinski definition) is 0. The minimum atomic E-state index is -0.249. The number of carbonyl (C=O) groups is 1. The van der Waals surface area contributed by atoms with Gasteiger partial charge in [0.2, 0.25) is 0 Å². The molecule has 0 heterocycles. The van der Waals surface area contributed by atoms with Crippen LogP contribution < -0.4 is 0 Å². The third kappa shape index (κ3) is 6.49. The fourth-order valence-electron chi connectivity index (χ4n) is 2.05. The number of hydrogen-bond acceptors (Lipinski definition) is 3. The number of nitrogens with zero attached hydrogens (tertiary/aromatic N) is 1. The van der Waals surface area contributed by atoms with Crippen molar-refractivity contribution in [3.63, 3.8) is 0 Å². The first-order valence-electron chi connectivity index (χ1n) is 7.57. The molecule has 0 spiro atoms. The summed E-state index contributed by atoms with van der Waals surface area (Å²) in [6.07, 6.45) is -0.342. The van der Waals surface area contributed by atoms with E-state index in [1.807, 2.05) is 56.9 Å². The third-order valence-electron chi connectivity index (χ3n) is 3.36. The average molecular weight is 344 g/mol. The molecule has 0 aliphatic carbocycles. The minimum absolute atomic E-state index is 0.0931. The average Bonchev–Trinajstić information content (AvgIpc) is 2.43. The van der Waals surface area contributed by atoms with Gasteiger partial charge in [-0.1, -0.05) is 37.6 Å². The summed E-state index contributed by atoms with van der Waals surface area (Å²) >= 11 is 7.71. The molecule has 5 heteroatoms. The Morgan fingerprint density at radius 2 is 1.82 bits per heavy atom. The molecule has 0 saturated carbocycles. The van der Waals surface area contributed by atoms with E-state index < -0.39 is 0 Å². The second-order valence-corrected chi connectivity index (χ2v) is 7.46. The zero-order valence-corrected chi connectivity index (χ0v) is 15.6. The van der Waals surface area contributed by atoms with Crippen LogP contribution in [0.5, 0.6) is 0 Å². The lowest BCUT2D eigenvalue weighted by atomic mass is 10.1. The second kappa shape index (κ2) is 9.31.